The molecule has 2 aromatic carbocycles. The molecule has 1 aliphatic rings. The molecule has 12 heteroatoms. The van der Waals surface area contributed by atoms with Gasteiger partial charge in [-0.15, -0.1) is 0 Å². The predicted octanol–water partition coefficient (Wildman–Crippen LogP) is 5.17. The van der Waals surface area contributed by atoms with Crippen LogP contribution in [0.4, 0.5) is 20.5 Å². The smallest absolute Gasteiger partial charge is 0.305 e. The Balaban J connectivity index is 1.34. The van der Waals surface area contributed by atoms with E-state index in [2.05, 4.69) is 20.0 Å². The Hall–Kier alpha value is -4.32. The fraction of sp³-hybridized carbons (Fsp3) is 0.379. The van der Waals surface area contributed by atoms with Crippen LogP contribution in [0.2, 0.25) is 0 Å². The molecule has 0 radical (unpaired) electrons. The highest BCUT2D eigenvalue weighted by atomic mass is 19.1. The highest BCUT2D eigenvalue weighted by Crippen LogP contribution is 2.35. The second-order valence-electron chi connectivity index (χ2n) is 9.72. The minimum atomic E-state index is -0.703. The molecule has 41 heavy (non-hydrogen) atoms. The summed E-state index contributed by atoms with van der Waals surface area (Å²) in [6, 6.07) is 6.70. The van der Waals surface area contributed by atoms with E-state index in [-0.39, 0.29) is 53.5 Å². The average Bonchev–Trinajstić information content (AvgIpc) is 3.69. The first kappa shape index (κ1) is 28.2. The van der Waals surface area contributed by atoms with Gasteiger partial charge in [0, 0.05) is 30.8 Å². The number of aromatic nitrogens is 2. The summed E-state index contributed by atoms with van der Waals surface area (Å²) in [5.74, 6) is -1.06. The number of amides is 1. The highest BCUT2D eigenvalue weighted by molar-refractivity contribution is 5.83. The lowest BCUT2D eigenvalue weighted by Gasteiger charge is -2.25. The first-order valence-corrected chi connectivity index (χ1v) is 13.3. The zero-order valence-electron chi connectivity index (χ0n) is 22.9. The molecule has 2 aromatic heterocycles. The van der Waals surface area contributed by atoms with Gasteiger partial charge >= 0.3 is 5.97 Å². The van der Waals surface area contributed by atoms with Gasteiger partial charge in [-0.05, 0) is 44.0 Å². The van der Waals surface area contributed by atoms with Crippen molar-refractivity contribution in [2.75, 3.05) is 25.6 Å². The summed E-state index contributed by atoms with van der Waals surface area (Å²) >= 11 is 0. The van der Waals surface area contributed by atoms with Gasteiger partial charge in [0.05, 0.1) is 32.3 Å². The lowest BCUT2D eigenvalue weighted by molar-refractivity contribution is -0.140. The van der Waals surface area contributed by atoms with Crippen molar-refractivity contribution < 1.29 is 36.7 Å². The van der Waals surface area contributed by atoms with Crippen molar-refractivity contribution in [1.82, 2.24) is 14.9 Å². The van der Waals surface area contributed by atoms with Crippen LogP contribution in [-0.2, 0) is 31.9 Å². The van der Waals surface area contributed by atoms with Crippen molar-refractivity contribution in [2.45, 2.75) is 51.7 Å². The van der Waals surface area contributed by atoms with E-state index in [1.54, 1.807) is 24.0 Å². The number of benzene rings is 2. The van der Waals surface area contributed by atoms with E-state index < -0.39 is 17.7 Å². The number of fused-ring (bicyclic) bond motifs is 1. The first-order valence-electron chi connectivity index (χ1n) is 13.3. The molecule has 216 valence electrons. The van der Waals surface area contributed by atoms with Crippen LogP contribution in [0, 0.1) is 18.6 Å². The summed E-state index contributed by atoms with van der Waals surface area (Å²) in [6.07, 6.45) is 1.93. The van der Waals surface area contributed by atoms with E-state index >= 15 is 4.39 Å². The third-order valence-electron chi connectivity index (χ3n) is 7.03. The number of hydrogen-bond acceptors (Lipinski definition) is 9. The lowest BCUT2D eigenvalue weighted by atomic mass is 10.1. The van der Waals surface area contributed by atoms with Gasteiger partial charge in [-0.25, -0.2) is 13.8 Å². The van der Waals surface area contributed by atoms with Gasteiger partial charge in [0.1, 0.15) is 23.1 Å². The maximum atomic E-state index is 15.5. The van der Waals surface area contributed by atoms with Crippen LogP contribution in [0.3, 0.4) is 0 Å². The molecule has 1 fully saturated rings. The minimum Gasteiger partial charge on any atom is -0.469 e. The fourth-order valence-corrected chi connectivity index (χ4v) is 4.93. The van der Waals surface area contributed by atoms with Gasteiger partial charge in [0.15, 0.2) is 11.4 Å². The lowest BCUT2D eigenvalue weighted by Crippen LogP contribution is -2.35. The zero-order valence-corrected chi connectivity index (χ0v) is 22.9. The molecule has 1 amide bonds. The monoisotopic (exact) mass is 568 g/mol. The number of ether oxygens (including phenoxy) is 2. The maximum absolute atomic E-state index is 15.5. The van der Waals surface area contributed by atoms with Crippen LogP contribution in [-0.4, -0.2) is 53.1 Å². The van der Waals surface area contributed by atoms with Crippen molar-refractivity contribution in [3.05, 3.63) is 70.9 Å². The molecule has 3 heterocycles. The molecular formula is C29H30F2N4O6. The molecular weight excluding hydrogens is 538 g/mol. The van der Waals surface area contributed by atoms with Crippen LogP contribution in [0.1, 0.15) is 48.6 Å². The third-order valence-corrected chi connectivity index (χ3v) is 7.03. The van der Waals surface area contributed by atoms with Crippen LogP contribution in [0.15, 0.2) is 45.4 Å². The van der Waals surface area contributed by atoms with Gasteiger partial charge < -0.3 is 28.5 Å². The number of carbonyl (C=O) groups excluding carboxylic acids is 2. The summed E-state index contributed by atoms with van der Waals surface area (Å²) in [7, 11) is 1.31. The molecule has 1 aliphatic heterocycles. The number of likely N-dealkylation sites (tertiary alicyclic amines) is 1. The fourth-order valence-electron chi connectivity index (χ4n) is 4.93. The SMILES string of the molecule is CCO[C@H]1CCN(C(=O)Cc2ccc3nc(Nc4cc(F)ccc4C)oc3c2F)[C@@H]1c1ncc(CCC(=O)OC)o1. The summed E-state index contributed by atoms with van der Waals surface area (Å²) in [5.41, 5.74) is 1.48. The van der Waals surface area contributed by atoms with Crippen molar-refractivity contribution in [2.24, 2.45) is 0 Å². The number of rotatable bonds is 10. The van der Waals surface area contributed by atoms with E-state index in [0.717, 1.165) is 5.56 Å². The third kappa shape index (κ3) is 6.07. The summed E-state index contributed by atoms with van der Waals surface area (Å²) in [4.78, 5) is 35.2. The first-order chi connectivity index (χ1) is 19.8. The maximum Gasteiger partial charge on any atom is 0.305 e. The zero-order chi connectivity index (χ0) is 29.1. The Labute approximate surface area is 234 Å². The topological polar surface area (TPSA) is 120 Å². The number of aryl methyl sites for hydroxylation is 2. The van der Waals surface area contributed by atoms with E-state index in [4.69, 9.17) is 13.6 Å². The van der Waals surface area contributed by atoms with Crippen LogP contribution >= 0.6 is 0 Å². The minimum absolute atomic E-state index is 0.00198. The second-order valence-corrected chi connectivity index (χ2v) is 9.72. The van der Waals surface area contributed by atoms with Crippen molar-refractivity contribution in [1.29, 1.82) is 0 Å². The van der Waals surface area contributed by atoms with Gasteiger partial charge in [0.2, 0.25) is 11.8 Å². The van der Waals surface area contributed by atoms with Crippen LogP contribution in [0.25, 0.3) is 11.1 Å². The Morgan fingerprint density at radius 1 is 1.20 bits per heavy atom. The average molecular weight is 569 g/mol. The molecule has 2 atom stereocenters. The second kappa shape index (κ2) is 12.0. The number of carbonyl (C=O) groups is 2. The Morgan fingerprint density at radius 3 is 2.80 bits per heavy atom. The van der Waals surface area contributed by atoms with Crippen LogP contribution < -0.4 is 5.32 Å². The predicted molar refractivity (Wildman–Crippen MR) is 143 cm³/mol. The van der Waals surface area contributed by atoms with Crippen molar-refractivity contribution in [3.63, 3.8) is 0 Å². The molecule has 0 aliphatic carbocycles. The molecule has 5 rings (SSSR count). The number of anilines is 2. The van der Waals surface area contributed by atoms with Gasteiger partial charge in [-0.3, -0.25) is 9.59 Å². The summed E-state index contributed by atoms with van der Waals surface area (Å²) in [5, 5.41) is 2.88. The Bertz CT molecular complexity index is 1570. The van der Waals surface area contributed by atoms with Gasteiger partial charge in [-0.2, -0.15) is 4.98 Å². The number of nitrogens with one attached hydrogen (secondary N) is 1. The van der Waals surface area contributed by atoms with Crippen molar-refractivity contribution in [3.8, 4) is 0 Å². The Kier molecular flexibility index (Phi) is 8.29. The molecule has 1 N–H and O–H groups in total. The molecule has 1 saturated heterocycles. The molecule has 10 nitrogen and oxygen atoms in total. The van der Waals surface area contributed by atoms with Gasteiger partial charge in [-0.1, -0.05) is 12.1 Å². The van der Waals surface area contributed by atoms with E-state index in [0.29, 0.717) is 43.3 Å². The summed E-state index contributed by atoms with van der Waals surface area (Å²) in [6.45, 7) is 4.46. The number of esters is 1. The van der Waals surface area contributed by atoms with E-state index in [1.807, 2.05) is 6.92 Å². The van der Waals surface area contributed by atoms with Crippen LogP contribution in [0.5, 0.6) is 0 Å². The van der Waals surface area contributed by atoms with Gasteiger partial charge in [0.25, 0.3) is 6.01 Å². The molecule has 4 aromatic rings. The van der Waals surface area contributed by atoms with Crippen molar-refractivity contribution >= 4 is 34.7 Å². The molecule has 0 unspecified atom stereocenters. The summed E-state index contributed by atoms with van der Waals surface area (Å²) < 4.78 is 51.3. The van der Waals surface area contributed by atoms with E-state index in [1.165, 1.54) is 31.5 Å². The number of hydrogen-bond donors (Lipinski definition) is 1. The molecule has 0 spiro atoms. The number of nitrogens with zero attached hydrogens (tertiary/aromatic N) is 3. The quantitative estimate of drug-likeness (QED) is 0.258. The van der Waals surface area contributed by atoms with E-state index in [9.17, 15) is 14.0 Å². The molecule has 0 saturated carbocycles. The Morgan fingerprint density at radius 2 is 2.02 bits per heavy atom. The largest absolute Gasteiger partial charge is 0.469 e. The number of halogens is 2. The number of oxazole rings is 2. The standard InChI is InChI=1S/C29H30F2N4O6/c1-4-39-22-11-12-35(26(22)28-32-15-19(40-28)8-10-24(37)38-3)23(36)13-17-6-9-20-27(25(17)31)41-29(33-20)34-21-14-18(30)7-5-16(21)2/h5-7,9,14-15,22,26H,4,8,10-13H2,1-3H3,(H,33,34)/t22-,26-/m0/s1. The molecule has 0 bridgehead atoms. The normalized spacial score (nSPS) is 16.9. The number of methoxy groups -OCH3 is 1. The highest BCUT2D eigenvalue weighted by Gasteiger charge is 2.42.